The van der Waals surface area contributed by atoms with Gasteiger partial charge >= 0.3 is 0 Å². The molecule has 1 heterocycles. The number of hydrogen-bond donors (Lipinski definition) is 1. The summed E-state index contributed by atoms with van der Waals surface area (Å²) in [5.74, 6) is 0.569. The third kappa shape index (κ3) is 4.20. The van der Waals surface area contributed by atoms with Gasteiger partial charge < -0.3 is 10.0 Å². The molecule has 88 valence electrons. The fraction of sp³-hybridized carbons (Fsp3) is 0.917. The van der Waals surface area contributed by atoms with E-state index in [1.807, 2.05) is 11.8 Å². The first-order valence-electron chi connectivity index (χ1n) is 6.15. The Bertz CT molecular complexity index is 194. The molecular formula is C12H23NO2. The van der Waals surface area contributed by atoms with Gasteiger partial charge in [0.15, 0.2) is 0 Å². The fourth-order valence-corrected chi connectivity index (χ4v) is 2.12. The largest absolute Gasteiger partial charge is 0.396 e. The SMILES string of the molecule is CC1CCCN(CCCCCCO)C1=O. The maximum Gasteiger partial charge on any atom is 0.225 e. The number of hydrogen-bond acceptors (Lipinski definition) is 2. The van der Waals surface area contributed by atoms with Crippen molar-refractivity contribution in [1.82, 2.24) is 4.90 Å². The topological polar surface area (TPSA) is 40.5 Å². The summed E-state index contributed by atoms with van der Waals surface area (Å²) in [6, 6.07) is 0. The molecule has 1 unspecified atom stereocenters. The zero-order chi connectivity index (χ0) is 11.1. The number of rotatable bonds is 6. The number of likely N-dealkylation sites (tertiary alicyclic amines) is 1. The summed E-state index contributed by atoms with van der Waals surface area (Å²) in [5, 5.41) is 8.63. The lowest BCUT2D eigenvalue weighted by atomic mass is 9.99. The van der Waals surface area contributed by atoms with Gasteiger partial charge in [0.1, 0.15) is 0 Å². The molecule has 0 aliphatic carbocycles. The van der Waals surface area contributed by atoms with Crippen molar-refractivity contribution >= 4 is 5.91 Å². The van der Waals surface area contributed by atoms with Crippen molar-refractivity contribution in [2.45, 2.75) is 45.4 Å². The van der Waals surface area contributed by atoms with Crippen LogP contribution in [0.1, 0.15) is 45.4 Å². The second-order valence-electron chi connectivity index (χ2n) is 4.51. The van der Waals surface area contributed by atoms with Crippen LogP contribution in [0.2, 0.25) is 0 Å². The quantitative estimate of drug-likeness (QED) is 0.683. The molecule has 3 nitrogen and oxygen atoms in total. The number of unbranched alkanes of at least 4 members (excludes halogenated alkanes) is 3. The summed E-state index contributed by atoms with van der Waals surface area (Å²) in [4.78, 5) is 13.7. The Balaban J connectivity index is 2.12. The van der Waals surface area contributed by atoms with Crippen LogP contribution in [-0.4, -0.2) is 35.6 Å². The second-order valence-corrected chi connectivity index (χ2v) is 4.51. The maximum atomic E-state index is 11.7. The first kappa shape index (κ1) is 12.5. The van der Waals surface area contributed by atoms with Crippen molar-refractivity contribution in [1.29, 1.82) is 0 Å². The minimum Gasteiger partial charge on any atom is -0.396 e. The van der Waals surface area contributed by atoms with Crippen LogP contribution in [0, 0.1) is 5.92 Å². The molecule has 1 amide bonds. The molecule has 0 aromatic heterocycles. The van der Waals surface area contributed by atoms with E-state index in [1.165, 1.54) is 0 Å². The molecule has 15 heavy (non-hydrogen) atoms. The number of aliphatic hydroxyl groups is 1. The van der Waals surface area contributed by atoms with Gasteiger partial charge in [-0.25, -0.2) is 0 Å². The van der Waals surface area contributed by atoms with E-state index in [4.69, 9.17) is 5.11 Å². The number of piperidine rings is 1. The zero-order valence-corrected chi connectivity index (χ0v) is 9.74. The van der Waals surface area contributed by atoms with Gasteiger partial charge in [0.25, 0.3) is 0 Å². The zero-order valence-electron chi connectivity index (χ0n) is 9.74. The van der Waals surface area contributed by atoms with Gasteiger partial charge in [0, 0.05) is 25.6 Å². The van der Waals surface area contributed by atoms with Gasteiger partial charge in [-0.3, -0.25) is 4.79 Å². The molecule has 0 spiro atoms. The van der Waals surface area contributed by atoms with Crippen LogP contribution in [0.5, 0.6) is 0 Å². The summed E-state index contributed by atoms with van der Waals surface area (Å²) in [5.41, 5.74) is 0. The molecular weight excluding hydrogens is 190 g/mol. The third-order valence-electron chi connectivity index (χ3n) is 3.13. The summed E-state index contributed by atoms with van der Waals surface area (Å²) in [6.45, 7) is 4.18. The molecule has 3 heteroatoms. The molecule has 0 aromatic carbocycles. The lowest BCUT2D eigenvalue weighted by molar-refractivity contribution is -0.137. The van der Waals surface area contributed by atoms with E-state index in [1.54, 1.807) is 0 Å². The Hall–Kier alpha value is -0.570. The third-order valence-corrected chi connectivity index (χ3v) is 3.13. The van der Waals surface area contributed by atoms with Crippen LogP contribution < -0.4 is 0 Å². The van der Waals surface area contributed by atoms with Crippen LogP contribution in [0.3, 0.4) is 0 Å². The highest BCUT2D eigenvalue weighted by atomic mass is 16.2. The smallest absolute Gasteiger partial charge is 0.225 e. The van der Waals surface area contributed by atoms with E-state index in [9.17, 15) is 4.79 Å². The molecule has 1 fully saturated rings. The lowest BCUT2D eigenvalue weighted by Crippen LogP contribution is -2.40. The van der Waals surface area contributed by atoms with Crippen LogP contribution in [-0.2, 0) is 4.79 Å². The summed E-state index contributed by atoms with van der Waals surface area (Å²) < 4.78 is 0. The monoisotopic (exact) mass is 213 g/mol. The maximum absolute atomic E-state index is 11.7. The first-order valence-corrected chi connectivity index (χ1v) is 6.15. The highest BCUT2D eigenvalue weighted by molar-refractivity contribution is 5.79. The Morgan fingerprint density at radius 2 is 2.07 bits per heavy atom. The highest BCUT2D eigenvalue weighted by Gasteiger charge is 2.24. The Morgan fingerprint density at radius 1 is 1.33 bits per heavy atom. The van der Waals surface area contributed by atoms with Gasteiger partial charge in [-0.1, -0.05) is 19.8 Å². The summed E-state index contributed by atoms with van der Waals surface area (Å²) in [7, 11) is 0. The molecule has 0 bridgehead atoms. The van der Waals surface area contributed by atoms with Gasteiger partial charge in [-0.2, -0.15) is 0 Å². The molecule has 1 N–H and O–H groups in total. The van der Waals surface area contributed by atoms with Crippen molar-refractivity contribution in [3.63, 3.8) is 0 Å². The highest BCUT2D eigenvalue weighted by Crippen LogP contribution is 2.17. The molecule has 0 saturated carbocycles. The average Bonchev–Trinajstić information content (AvgIpc) is 2.24. The van der Waals surface area contributed by atoms with Crippen LogP contribution in [0.4, 0.5) is 0 Å². The number of carbonyl (C=O) groups excluding carboxylic acids is 1. The van der Waals surface area contributed by atoms with Crippen molar-refractivity contribution in [2.75, 3.05) is 19.7 Å². The number of amides is 1. The van der Waals surface area contributed by atoms with Crippen molar-refractivity contribution in [2.24, 2.45) is 5.92 Å². The Morgan fingerprint density at radius 3 is 2.80 bits per heavy atom. The van der Waals surface area contributed by atoms with Gasteiger partial charge in [0.05, 0.1) is 0 Å². The summed E-state index contributed by atoms with van der Waals surface area (Å²) in [6.07, 6.45) is 6.39. The fourth-order valence-electron chi connectivity index (χ4n) is 2.12. The minimum atomic E-state index is 0.233. The van der Waals surface area contributed by atoms with E-state index < -0.39 is 0 Å². The molecule has 1 rings (SSSR count). The number of aliphatic hydroxyl groups excluding tert-OH is 1. The van der Waals surface area contributed by atoms with Gasteiger partial charge in [-0.05, 0) is 25.7 Å². The van der Waals surface area contributed by atoms with E-state index >= 15 is 0 Å². The Labute approximate surface area is 92.5 Å². The standard InChI is InChI=1S/C12H23NO2/c1-11-7-6-9-13(12(11)15)8-4-2-3-5-10-14/h11,14H,2-10H2,1H3. The molecule has 1 atom stereocenters. The van der Waals surface area contributed by atoms with E-state index in [-0.39, 0.29) is 5.92 Å². The average molecular weight is 213 g/mol. The molecule has 0 radical (unpaired) electrons. The van der Waals surface area contributed by atoms with Crippen molar-refractivity contribution < 1.29 is 9.90 Å². The van der Waals surface area contributed by atoms with Gasteiger partial charge in [0.2, 0.25) is 5.91 Å². The van der Waals surface area contributed by atoms with Crippen molar-refractivity contribution in [3.8, 4) is 0 Å². The normalized spacial score (nSPS) is 22.1. The molecule has 1 aliphatic rings. The minimum absolute atomic E-state index is 0.233. The Kier molecular flexibility index (Phi) is 5.69. The van der Waals surface area contributed by atoms with Crippen LogP contribution in [0.15, 0.2) is 0 Å². The number of carbonyl (C=O) groups is 1. The molecule has 1 saturated heterocycles. The lowest BCUT2D eigenvalue weighted by Gasteiger charge is -2.30. The predicted molar refractivity (Wildman–Crippen MR) is 60.5 cm³/mol. The summed E-state index contributed by atoms with van der Waals surface area (Å²) >= 11 is 0. The van der Waals surface area contributed by atoms with Gasteiger partial charge in [-0.15, -0.1) is 0 Å². The van der Waals surface area contributed by atoms with E-state index in [0.717, 1.165) is 51.6 Å². The molecule has 1 aliphatic heterocycles. The van der Waals surface area contributed by atoms with E-state index in [2.05, 4.69) is 0 Å². The first-order chi connectivity index (χ1) is 7.25. The second kappa shape index (κ2) is 6.83. The number of nitrogens with zero attached hydrogens (tertiary/aromatic N) is 1. The van der Waals surface area contributed by atoms with Crippen LogP contribution >= 0.6 is 0 Å². The van der Waals surface area contributed by atoms with Crippen LogP contribution in [0.25, 0.3) is 0 Å². The van der Waals surface area contributed by atoms with E-state index in [0.29, 0.717) is 12.5 Å². The molecule has 0 aromatic rings. The van der Waals surface area contributed by atoms with Crippen molar-refractivity contribution in [3.05, 3.63) is 0 Å². The predicted octanol–water partition coefficient (Wildman–Crippen LogP) is 1.80.